The van der Waals surface area contributed by atoms with Crippen LogP contribution in [-0.4, -0.2) is 14.5 Å². The molecule has 0 spiro atoms. The van der Waals surface area contributed by atoms with Gasteiger partial charge in [0.1, 0.15) is 4.90 Å². The Hall–Kier alpha value is -1.21. The Morgan fingerprint density at radius 1 is 1.14 bits per heavy atom. The van der Waals surface area contributed by atoms with Crippen molar-refractivity contribution in [1.29, 1.82) is 0 Å². The number of benzene rings is 1. The molecule has 3 unspecified atom stereocenters. The Labute approximate surface area is 123 Å². The van der Waals surface area contributed by atoms with Crippen LogP contribution in [0.2, 0.25) is 0 Å². The maximum atomic E-state index is 13.9. The number of hydrogen-bond acceptors (Lipinski definition) is 3. The zero-order valence-corrected chi connectivity index (χ0v) is 12.8. The summed E-state index contributed by atoms with van der Waals surface area (Å²) in [7, 11) is -4.29. The highest BCUT2D eigenvalue weighted by Gasteiger charge is 2.28. The van der Waals surface area contributed by atoms with Gasteiger partial charge in [-0.3, -0.25) is 0 Å². The Balaban J connectivity index is 2.21. The molecule has 0 bridgehead atoms. The van der Waals surface area contributed by atoms with Crippen LogP contribution in [0.4, 0.5) is 8.78 Å². The van der Waals surface area contributed by atoms with E-state index in [1.54, 1.807) is 0 Å². The molecule has 0 radical (unpaired) electrons. The molecule has 1 saturated carbocycles. The highest BCUT2D eigenvalue weighted by molar-refractivity contribution is 7.89. The molecule has 1 fully saturated rings. The summed E-state index contributed by atoms with van der Waals surface area (Å²) in [5, 5.41) is 4.82. The number of sulfonamides is 1. The summed E-state index contributed by atoms with van der Waals surface area (Å²) < 4.78 is 55.4. The van der Waals surface area contributed by atoms with Crippen molar-refractivity contribution in [1.82, 2.24) is 0 Å². The predicted molar refractivity (Wildman–Crippen MR) is 74.3 cm³/mol. The lowest BCUT2D eigenvalue weighted by atomic mass is 9.80. The van der Waals surface area contributed by atoms with E-state index < -0.39 is 26.6 Å². The van der Waals surface area contributed by atoms with Gasteiger partial charge in [-0.15, -0.1) is 0 Å². The first-order chi connectivity index (χ1) is 9.70. The number of halogens is 2. The molecule has 1 aliphatic rings. The smallest absolute Gasteiger partial charge is 0.241 e. The Kier molecular flexibility index (Phi) is 4.53. The molecule has 1 aromatic carbocycles. The zero-order valence-electron chi connectivity index (χ0n) is 12.0. The first kappa shape index (κ1) is 16.2. The van der Waals surface area contributed by atoms with Gasteiger partial charge >= 0.3 is 0 Å². The van der Waals surface area contributed by atoms with Crippen molar-refractivity contribution in [3.8, 4) is 5.75 Å². The third kappa shape index (κ3) is 3.52. The maximum Gasteiger partial charge on any atom is 0.241 e. The number of primary sulfonamides is 1. The van der Waals surface area contributed by atoms with Gasteiger partial charge in [0.2, 0.25) is 15.8 Å². The fraction of sp³-hybridized carbons (Fsp3) is 0.571. The van der Waals surface area contributed by atoms with E-state index in [1.807, 2.05) is 0 Å². The van der Waals surface area contributed by atoms with Crippen LogP contribution in [0.15, 0.2) is 17.0 Å². The van der Waals surface area contributed by atoms with Gasteiger partial charge in [0.25, 0.3) is 0 Å². The van der Waals surface area contributed by atoms with Crippen LogP contribution in [0.3, 0.4) is 0 Å². The second kappa shape index (κ2) is 5.88. The molecule has 0 aromatic heterocycles. The molecule has 2 rings (SSSR count). The Morgan fingerprint density at radius 2 is 1.81 bits per heavy atom. The number of ether oxygens (including phenoxy) is 1. The minimum Gasteiger partial charge on any atom is -0.487 e. The van der Waals surface area contributed by atoms with E-state index in [4.69, 9.17) is 9.88 Å². The monoisotopic (exact) mass is 319 g/mol. The van der Waals surface area contributed by atoms with Crippen LogP contribution in [0.25, 0.3) is 0 Å². The number of nitrogens with two attached hydrogens (primary N) is 1. The lowest BCUT2D eigenvalue weighted by molar-refractivity contribution is 0.0958. The standard InChI is InChI=1S/C14H19F2NO3S/c1-8-3-4-10(7-9(8)2)20-11-5-6-12(21(17,18)19)14(16)13(11)15/h5-6,8-10H,3-4,7H2,1-2H3,(H2,17,18,19). The first-order valence-electron chi connectivity index (χ1n) is 6.87. The Morgan fingerprint density at radius 3 is 2.38 bits per heavy atom. The molecular weight excluding hydrogens is 300 g/mol. The summed E-state index contributed by atoms with van der Waals surface area (Å²) in [6, 6.07) is 2.04. The van der Waals surface area contributed by atoms with Crippen LogP contribution in [0, 0.1) is 23.5 Å². The fourth-order valence-corrected chi connectivity index (χ4v) is 3.21. The molecule has 0 saturated heterocycles. The summed E-state index contributed by atoms with van der Waals surface area (Å²) in [6.45, 7) is 4.25. The molecule has 1 aromatic rings. The summed E-state index contributed by atoms with van der Waals surface area (Å²) in [6.07, 6.45) is 2.30. The summed E-state index contributed by atoms with van der Waals surface area (Å²) in [5.74, 6) is -2.05. The molecule has 3 atom stereocenters. The molecule has 0 heterocycles. The summed E-state index contributed by atoms with van der Waals surface area (Å²) in [4.78, 5) is -0.863. The van der Waals surface area contributed by atoms with E-state index in [0.717, 1.165) is 31.4 Å². The van der Waals surface area contributed by atoms with Crippen molar-refractivity contribution in [3.63, 3.8) is 0 Å². The van der Waals surface area contributed by atoms with Gasteiger partial charge in [0.05, 0.1) is 6.10 Å². The van der Waals surface area contributed by atoms with Crippen molar-refractivity contribution in [3.05, 3.63) is 23.8 Å². The molecule has 21 heavy (non-hydrogen) atoms. The average Bonchev–Trinajstić information content (AvgIpc) is 2.38. The van der Waals surface area contributed by atoms with Gasteiger partial charge in [-0.2, -0.15) is 4.39 Å². The molecule has 7 heteroatoms. The van der Waals surface area contributed by atoms with Gasteiger partial charge in [0, 0.05) is 0 Å². The highest BCUT2D eigenvalue weighted by atomic mass is 32.2. The topological polar surface area (TPSA) is 69.4 Å². The van der Waals surface area contributed by atoms with Crippen LogP contribution < -0.4 is 9.88 Å². The molecular formula is C14H19F2NO3S. The van der Waals surface area contributed by atoms with Gasteiger partial charge in [0.15, 0.2) is 11.6 Å². The van der Waals surface area contributed by atoms with Crippen molar-refractivity contribution in [2.24, 2.45) is 17.0 Å². The SMILES string of the molecule is CC1CCC(Oc2ccc(S(N)(=O)=O)c(F)c2F)CC1C. The second-order valence-corrected chi connectivity index (χ2v) is 7.27. The lowest BCUT2D eigenvalue weighted by Gasteiger charge is -2.32. The van der Waals surface area contributed by atoms with Crippen LogP contribution in [-0.2, 0) is 10.0 Å². The van der Waals surface area contributed by atoms with E-state index >= 15 is 0 Å². The van der Waals surface area contributed by atoms with Crippen molar-refractivity contribution in [2.75, 3.05) is 0 Å². The minimum atomic E-state index is -4.29. The van der Waals surface area contributed by atoms with Gasteiger partial charge in [-0.1, -0.05) is 13.8 Å². The predicted octanol–water partition coefficient (Wildman–Crippen LogP) is 2.82. The Bertz CT molecular complexity index is 633. The third-order valence-corrected chi connectivity index (χ3v) is 5.09. The normalized spacial score (nSPS) is 26.6. The van der Waals surface area contributed by atoms with E-state index in [0.29, 0.717) is 11.8 Å². The summed E-state index contributed by atoms with van der Waals surface area (Å²) >= 11 is 0. The van der Waals surface area contributed by atoms with E-state index in [-0.39, 0.29) is 11.9 Å². The van der Waals surface area contributed by atoms with Gasteiger partial charge < -0.3 is 4.74 Å². The molecule has 0 aliphatic heterocycles. The minimum absolute atomic E-state index is 0.189. The molecule has 4 nitrogen and oxygen atoms in total. The molecule has 0 amide bonds. The molecule has 1 aliphatic carbocycles. The third-order valence-electron chi connectivity index (χ3n) is 4.16. The van der Waals surface area contributed by atoms with E-state index in [1.165, 1.54) is 0 Å². The maximum absolute atomic E-state index is 13.9. The number of rotatable bonds is 3. The van der Waals surface area contributed by atoms with Crippen LogP contribution in [0.1, 0.15) is 33.1 Å². The van der Waals surface area contributed by atoms with E-state index in [9.17, 15) is 17.2 Å². The molecule has 118 valence electrons. The largest absolute Gasteiger partial charge is 0.487 e. The summed E-state index contributed by atoms with van der Waals surface area (Å²) in [5.41, 5.74) is 0. The quantitative estimate of drug-likeness (QED) is 0.931. The van der Waals surface area contributed by atoms with Gasteiger partial charge in [-0.05, 0) is 43.2 Å². The first-order valence-corrected chi connectivity index (χ1v) is 8.42. The van der Waals surface area contributed by atoms with Gasteiger partial charge in [-0.25, -0.2) is 17.9 Å². The zero-order chi connectivity index (χ0) is 15.8. The van der Waals surface area contributed by atoms with Crippen molar-refractivity contribution >= 4 is 10.0 Å². The fourth-order valence-electron chi connectivity index (χ4n) is 2.61. The van der Waals surface area contributed by atoms with Crippen molar-refractivity contribution < 1.29 is 21.9 Å². The number of hydrogen-bond donors (Lipinski definition) is 1. The van der Waals surface area contributed by atoms with Crippen LogP contribution in [0.5, 0.6) is 5.75 Å². The average molecular weight is 319 g/mol. The highest BCUT2D eigenvalue weighted by Crippen LogP contribution is 2.33. The van der Waals surface area contributed by atoms with E-state index in [2.05, 4.69) is 13.8 Å². The second-order valence-electron chi connectivity index (χ2n) is 5.74. The lowest BCUT2D eigenvalue weighted by Crippen LogP contribution is -2.29. The van der Waals surface area contributed by atoms with Crippen LogP contribution >= 0.6 is 0 Å². The molecule has 2 N–H and O–H groups in total. The van der Waals surface area contributed by atoms with Crippen molar-refractivity contribution in [2.45, 2.75) is 44.1 Å².